The molecule has 4 aromatic rings. The third-order valence-corrected chi connectivity index (χ3v) is 4.10. The van der Waals surface area contributed by atoms with Gasteiger partial charge in [0.05, 0.1) is 16.9 Å². The van der Waals surface area contributed by atoms with Gasteiger partial charge in [-0.15, -0.1) is 0 Å². The highest BCUT2D eigenvalue weighted by molar-refractivity contribution is 5.84. The summed E-state index contributed by atoms with van der Waals surface area (Å²) in [5.74, 6) is -0.879. The minimum Gasteiger partial charge on any atom is -0.410 e. The Balaban J connectivity index is 2.13. The van der Waals surface area contributed by atoms with Crippen molar-refractivity contribution in [2.45, 2.75) is 0 Å². The summed E-state index contributed by atoms with van der Waals surface area (Å²) in [6.07, 6.45) is -1.06. The highest BCUT2D eigenvalue weighted by Gasteiger charge is 2.21. The molecule has 1 amide bonds. The third-order valence-electron chi connectivity index (χ3n) is 4.10. The van der Waals surface area contributed by atoms with Crippen LogP contribution in [0.5, 0.6) is 5.75 Å². The number of fused-ring (bicyclic) bond motifs is 1. The molecule has 1 aromatic heterocycles. The van der Waals surface area contributed by atoms with E-state index >= 15 is 0 Å². The van der Waals surface area contributed by atoms with Crippen molar-refractivity contribution in [1.82, 2.24) is 9.36 Å². The number of hydrogen-bond acceptors (Lipinski definition) is 3. The first kappa shape index (κ1) is 16.6. The molecule has 7 heteroatoms. The van der Waals surface area contributed by atoms with Gasteiger partial charge < -0.3 is 10.5 Å². The highest BCUT2D eigenvalue weighted by Crippen LogP contribution is 2.27. The number of primary amides is 1. The van der Waals surface area contributed by atoms with Gasteiger partial charge in [0.15, 0.2) is 0 Å². The SMILES string of the molecule is NC(=O)Oc1cc(F)c2c(=O)n(-c3ccccc3)n(-c3ccccc3)c2c1. The lowest BCUT2D eigenvalue weighted by Gasteiger charge is -2.13. The zero-order valence-electron chi connectivity index (χ0n) is 14.0. The number of ether oxygens (including phenoxy) is 1. The maximum absolute atomic E-state index is 14.7. The van der Waals surface area contributed by atoms with Crippen LogP contribution >= 0.6 is 0 Å². The number of halogens is 1. The maximum Gasteiger partial charge on any atom is 0.409 e. The molecule has 0 fully saturated rings. The molecule has 27 heavy (non-hydrogen) atoms. The Morgan fingerprint density at radius 2 is 1.44 bits per heavy atom. The number of aromatic nitrogens is 2. The predicted octanol–water partition coefficient (Wildman–Crippen LogP) is 3.38. The van der Waals surface area contributed by atoms with Gasteiger partial charge in [-0.3, -0.25) is 4.79 Å². The lowest BCUT2D eigenvalue weighted by Crippen LogP contribution is -2.20. The fourth-order valence-corrected chi connectivity index (χ4v) is 3.05. The second-order valence-electron chi connectivity index (χ2n) is 5.82. The van der Waals surface area contributed by atoms with Gasteiger partial charge in [0.1, 0.15) is 17.0 Å². The number of nitrogens with two attached hydrogens (primary N) is 1. The van der Waals surface area contributed by atoms with E-state index in [0.29, 0.717) is 11.4 Å². The Kier molecular flexibility index (Phi) is 3.97. The van der Waals surface area contributed by atoms with Gasteiger partial charge in [-0.25, -0.2) is 18.5 Å². The molecule has 0 aliphatic heterocycles. The topological polar surface area (TPSA) is 79.3 Å². The Hall–Kier alpha value is -3.87. The Labute approximate surface area is 152 Å². The summed E-state index contributed by atoms with van der Waals surface area (Å²) in [4.78, 5) is 24.1. The minimum atomic E-state index is -1.06. The number of amides is 1. The highest BCUT2D eigenvalue weighted by atomic mass is 19.1. The summed E-state index contributed by atoms with van der Waals surface area (Å²) in [6.45, 7) is 0. The average molecular weight is 363 g/mol. The fourth-order valence-electron chi connectivity index (χ4n) is 3.05. The quantitative estimate of drug-likeness (QED) is 0.606. The molecule has 0 radical (unpaired) electrons. The van der Waals surface area contributed by atoms with Crippen molar-refractivity contribution in [3.63, 3.8) is 0 Å². The summed E-state index contributed by atoms with van der Waals surface area (Å²) < 4.78 is 22.5. The Bertz CT molecular complexity index is 1200. The molecular formula is C20H14FN3O3. The van der Waals surface area contributed by atoms with Crippen LogP contribution in [-0.4, -0.2) is 15.5 Å². The maximum atomic E-state index is 14.7. The number of para-hydroxylation sites is 2. The summed E-state index contributed by atoms with van der Waals surface area (Å²) in [5, 5.41) is -0.112. The molecular weight excluding hydrogens is 349 g/mol. The number of carbonyl (C=O) groups excluding carboxylic acids is 1. The van der Waals surface area contributed by atoms with Crippen LogP contribution in [0.3, 0.4) is 0 Å². The predicted molar refractivity (Wildman–Crippen MR) is 99.0 cm³/mol. The Morgan fingerprint density at radius 1 is 0.889 bits per heavy atom. The zero-order valence-corrected chi connectivity index (χ0v) is 14.0. The van der Waals surface area contributed by atoms with Gasteiger partial charge in [0.2, 0.25) is 0 Å². The van der Waals surface area contributed by atoms with E-state index in [2.05, 4.69) is 0 Å². The normalized spacial score (nSPS) is 10.9. The van der Waals surface area contributed by atoms with Crippen LogP contribution in [-0.2, 0) is 0 Å². The van der Waals surface area contributed by atoms with Gasteiger partial charge in [-0.05, 0) is 24.3 Å². The zero-order chi connectivity index (χ0) is 19.0. The number of benzene rings is 3. The second kappa shape index (κ2) is 6.45. The fraction of sp³-hybridized carbons (Fsp3) is 0. The first-order valence-electron chi connectivity index (χ1n) is 8.11. The molecule has 3 aromatic carbocycles. The lowest BCUT2D eigenvalue weighted by molar-refractivity contribution is 0.211. The van der Waals surface area contributed by atoms with Gasteiger partial charge in [0, 0.05) is 12.1 Å². The minimum absolute atomic E-state index is 0.0811. The Morgan fingerprint density at radius 3 is 2.00 bits per heavy atom. The van der Waals surface area contributed by atoms with Crippen molar-refractivity contribution >= 4 is 17.0 Å². The number of hydrogen-bond donors (Lipinski definition) is 1. The standard InChI is InChI=1S/C20H14FN3O3/c21-16-11-15(27-20(22)26)12-17-18(16)19(25)24(14-9-5-2-6-10-14)23(17)13-7-3-1-4-8-13/h1-12H,(H2,22,26). The van der Waals surface area contributed by atoms with Crippen molar-refractivity contribution in [3.05, 3.63) is 89.0 Å². The molecule has 0 atom stereocenters. The van der Waals surface area contributed by atoms with Crippen LogP contribution in [0.4, 0.5) is 9.18 Å². The van der Waals surface area contributed by atoms with Crippen LogP contribution < -0.4 is 16.0 Å². The van der Waals surface area contributed by atoms with E-state index < -0.39 is 17.5 Å². The summed E-state index contributed by atoms with van der Waals surface area (Å²) in [6, 6.07) is 20.3. The molecule has 0 unspecified atom stereocenters. The van der Waals surface area contributed by atoms with Crippen molar-refractivity contribution < 1.29 is 13.9 Å². The van der Waals surface area contributed by atoms with Gasteiger partial charge in [-0.1, -0.05) is 36.4 Å². The lowest BCUT2D eigenvalue weighted by atomic mass is 10.2. The van der Waals surface area contributed by atoms with Crippen molar-refractivity contribution in [1.29, 1.82) is 0 Å². The van der Waals surface area contributed by atoms with Crippen LogP contribution in [0.2, 0.25) is 0 Å². The van der Waals surface area contributed by atoms with E-state index in [9.17, 15) is 14.0 Å². The third kappa shape index (κ3) is 2.85. The summed E-state index contributed by atoms with van der Waals surface area (Å²) >= 11 is 0. The summed E-state index contributed by atoms with van der Waals surface area (Å²) in [5.41, 5.74) is 5.98. The molecule has 0 saturated carbocycles. The van der Waals surface area contributed by atoms with Crippen LogP contribution in [0.25, 0.3) is 22.3 Å². The van der Waals surface area contributed by atoms with Crippen molar-refractivity contribution in [2.75, 3.05) is 0 Å². The molecule has 134 valence electrons. The first-order chi connectivity index (χ1) is 13.1. The van der Waals surface area contributed by atoms with Crippen LogP contribution in [0.1, 0.15) is 0 Å². The first-order valence-corrected chi connectivity index (χ1v) is 8.11. The van der Waals surface area contributed by atoms with E-state index in [4.69, 9.17) is 10.5 Å². The molecule has 2 N–H and O–H groups in total. The number of carbonyl (C=O) groups is 1. The number of nitrogens with zero attached hydrogens (tertiary/aromatic N) is 2. The molecule has 0 aliphatic rings. The van der Waals surface area contributed by atoms with Crippen molar-refractivity contribution in [3.8, 4) is 17.1 Å². The van der Waals surface area contributed by atoms with E-state index in [1.165, 1.54) is 10.7 Å². The van der Waals surface area contributed by atoms with Crippen LogP contribution in [0.15, 0.2) is 77.6 Å². The van der Waals surface area contributed by atoms with E-state index in [1.54, 1.807) is 53.2 Å². The second-order valence-corrected chi connectivity index (χ2v) is 5.82. The van der Waals surface area contributed by atoms with E-state index in [0.717, 1.165) is 6.07 Å². The van der Waals surface area contributed by atoms with E-state index in [-0.39, 0.29) is 16.7 Å². The van der Waals surface area contributed by atoms with Gasteiger partial charge in [-0.2, -0.15) is 0 Å². The molecule has 4 rings (SSSR count). The largest absolute Gasteiger partial charge is 0.410 e. The number of rotatable bonds is 3. The molecule has 0 saturated heterocycles. The molecule has 1 heterocycles. The average Bonchev–Trinajstić information content (AvgIpc) is 2.95. The van der Waals surface area contributed by atoms with E-state index in [1.807, 2.05) is 12.1 Å². The summed E-state index contributed by atoms with van der Waals surface area (Å²) in [7, 11) is 0. The molecule has 6 nitrogen and oxygen atoms in total. The monoisotopic (exact) mass is 363 g/mol. The molecule has 0 aliphatic carbocycles. The van der Waals surface area contributed by atoms with Crippen molar-refractivity contribution in [2.24, 2.45) is 5.73 Å². The molecule has 0 bridgehead atoms. The van der Waals surface area contributed by atoms with Gasteiger partial charge >= 0.3 is 6.09 Å². The smallest absolute Gasteiger partial charge is 0.409 e. The van der Waals surface area contributed by atoms with Crippen LogP contribution in [0, 0.1) is 5.82 Å². The van der Waals surface area contributed by atoms with Gasteiger partial charge in [0.25, 0.3) is 5.56 Å². The molecule has 0 spiro atoms.